The minimum atomic E-state index is -0.101. The predicted octanol–water partition coefficient (Wildman–Crippen LogP) is 1.67. The molecule has 0 aliphatic rings. The fourth-order valence-electron chi connectivity index (χ4n) is 1.88. The molecule has 0 unspecified atom stereocenters. The van der Waals surface area contributed by atoms with Gasteiger partial charge in [0.1, 0.15) is 5.69 Å². The maximum Gasteiger partial charge on any atom is 0.276 e. The van der Waals surface area contributed by atoms with Gasteiger partial charge in [0.15, 0.2) is 0 Å². The molecule has 18 heavy (non-hydrogen) atoms. The molecule has 0 spiro atoms. The smallest absolute Gasteiger partial charge is 0.276 e. The standard InChI is InChI=1S/C13H16N4O/c1-3-17(11-7-5-4-6-10(11)14)13(18)12-8-9-15-16(12)2/h4-9H,3,14H2,1-2H3. The number of hydrogen-bond acceptors (Lipinski definition) is 3. The Morgan fingerprint density at radius 2 is 2.11 bits per heavy atom. The van der Waals surface area contributed by atoms with Crippen LogP contribution in [0.2, 0.25) is 0 Å². The first-order valence-electron chi connectivity index (χ1n) is 5.79. The highest BCUT2D eigenvalue weighted by molar-refractivity contribution is 6.06. The molecule has 0 atom stereocenters. The second kappa shape index (κ2) is 4.91. The van der Waals surface area contributed by atoms with Crippen LogP contribution in [-0.4, -0.2) is 22.2 Å². The highest BCUT2D eigenvalue weighted by Crippen LogP contribution is 2.23. The normalized spacial score (nSPS) is 10.3. The number of carbonyl (C=O) groups is 1. The van der Waals surface area contributed by atoms with Crippen molar-refractivity contribution in [1.29, 1.82) is 0 Å². The van der Waals surface area contributed by atoms with Gasteiger partial charge in [0.2, 0.25) is 0 Å². The predicted molar refractivity (Wildman–Crippen MR) is 71.4 cm³/mol. The lowest BCUT2D eigenvalue weighted by Crippen LogP contribution is -2.32. The number of rotatable bonds is 3. The summed E-state index contributed by atoms with van der Waals surface area (Å²) in [5.41, 5.74) is 7.77. The van der Waals surface area contributed by atoms with Gasteiger partial charge in [-0.25, -0.2) is 0 Å². The van der Waals surface area contributed by atoms with Gasteiger partial charge in [-0.15, -0.1) is 0 Å². The number of nitrogens with zero attached hydrogens (tertiary/aromatic N) is 3. The fraction of sp³-hybridized carbons (Fsp3) is 0.231. The van der Waals surface area contributed by atoms with E-state index in [0.717, 1.165) is 5.69 Å². The summed E-state index contributed by atoms with van der Waals surface area (Å²) >= 11 is 0. The second-order valence-corrected chi connectivity index (χ2v) is 3.95. The van der Waals surface area contributed by atoms with Crippen LogP contribution in [0, 0.1) is 0 Å². The Labute approximate surface area is 106 Å². The SMILES string of the molecule is CCN(C(=O)c1ccnn1C)c1ccccc1N. The molecule has 94 valence electrons. The number of anilines is 2. The fourth-order valence-corrected chi connectivity index (χ4v) is 1.88. The van der Waals surface area contributed by atoms with Crippen molar-refractivity contribution in [2.45, 2.75) is 6.92 Å². The first kappa shape index (κ1) is 12.2. The molecular weight excluding hydrogens is 228 g/mol. The number of para-hydroxylation sites is 2. The van der Waals surface area contributed by atoms with Gasteiger partial charge in [0.05, 0.1) is 11.4 Å². The van der Waals surface area contributed by atoms with E-state index >= 15 is 0 Å². The van der Waals surface area contributed by atoms with Gasteiger partial charge in [-0.05, 0) is 25.1 Å². The monoisotopic (exact) mass is 244 g/mol. The summed E-state index contributed by atoms with van der Waals surface area (Å²) in [7, 11) is 1.75. The molecule has 2 aromatic rings. The topological polar surface area (TPSA) is 64.2 Å². The molecule has 1 aromatic heterocycles. The van der Waals surface area contributed by atoms with Crippen molar-refractivity contribution in [3.05, 3.63) is 42.2 Å². The molecule has 0 fully saturated rings. The number of hydrogen-bond donors (Lipinski definition) is 1. The maximum atomic E-state index is 12.4. The molecule has 1 heterocycles. The van der Waals surface area contributed by atoms with Crippen molar-refractivity contribution in [3.63, 3.8) is 0 Å². The highest BCUT2D eigenvalue weighted by atomic mass is 16.2. The molecule has 0 bridgehead atoms. The lowest BCUT2D eigenvalue weighted by Gasteiger charge is -2.22. The third-order valence-corrected chi connectivity index (χ3v) is 2.83. The van der Waals surface area contributed by atoms with Gasteiger partial charge in [0.25, 0.3) is 5.91 Å². The number of amides is 1. The van der Waals surface area contributed by atoms with Gasteiger partial charge in [-0.1, -0.05) is 12.1 Å². The Morgan fingerprint density at radius 3 is 2.67 bits per heavy atom. The Bertz CT molecular complexity index is 562. The van der Waals surface area contributed by atoms with Crippen LogP contribution < -0.4 is 10.6 Å². The summed E-state index contributed by atoms with van der Waals surface area (Å²) in [6.45, 7) is 2.47. The zero-order chi connectivity index (χ0) is 13.1. The molecule has 1 aromatic carbocycles. The van der Waals surface area contributed by atoms with E-state index in [4.69, 9.17) is 5.73 Å². The first-order valence-corrected chi connectivity index (χ1v) is 5.79. The minimum Gasteiger partial charge on any atom is -0.397 e. The van der Waals surface area contributed by atoms with Crippen molar-refractivity contribution >= 4 is 17.3 Å². The van der Waals surface area contributed by atoms with Gasteiger partial charge >= 0.3 is 0 Å². The summed E-state index contributed by atoms with van der Waals surface area (Å²) in [6, 6.07) is 9.04. The number of nitrogen functional groups attached to an aromatic ring is 1. The van der Waals surface area contributed by atoms with Gasteiger partial charge < -0.3 is 10.6 Å². The van der Waals surface area contributed by atoms with E-state index in [1.165, 1.54) is 0 Å². The lowest BCUT2D eigenvalue weighted by molar-refractivity contribution is 0.0979. The quantitative estimate of drug-likeness (QED) is 0.835. The van der Waals surface area contributed by atoms with Gasteiger partial charge in [0, 0.05) is 19.8 Å². The molecule has 0 aliphatic heterocycles. The van der Waals surface area contributed by atoms with Crippen molar-refractivity contribution in [1.82, 2.24) is 9.78 Å². The van der Waals surface area contributed by atoms with Crippen LogP contribution in [0.5, 0.6) is 0 Å². The second-order valence-electron chi connectivity index (χ2n) is 3.95. The van der Waals surface area contributed by atoms with E-state index in [0.29, 0.717) is 17.9 Å². The summed E-state index contributed by atoms with van der Waals surface area (Å²) in [5, 5.41) is 4.01. The molecular formula is C13H16N4O. The molecule has 0 radical (unpaired) electrons. The average molecular weight is 244 g/mol. The third-order valence-electron chi connectivity index (χ3n) is 2.83. The van der Waals surface area contributed by atoms with E-state index < -0.39 is 0 Å². The minimum absolute atomic E-state index is 0.101. The summed E-state index contributed by atoms with van der Waals surface area (Å²) in [6.07, 6.45) is 1.61. The van der Waals surface area contributed by atoms with Crippen LogP contribution in [0.1, 0.15) is 17.4 Å². The van der Waals surface area contributed by atoms with E-state index in [1.807, 2.05) is 25.1 Å². The van der Waals surface area contributed by atoms with Crippen LogP contribution in [0.15, 0.2) is 36.5 Å². The Morgan fingerprint density at radius 1 is 1.39 bits per heavy atom. The molecule has 1 amide bonds. The Hall–Kier alpha value is -2.30. The maximum absolute atomic E-state index is 12.4. The number of aryl methyl sites for hydroxylation is 1. The molecule has 0 aliphatic carbocycles. The molecule has 0 saturated carbocycles. The number of carbonyl (C=O) groups excluding carboxylic acids is 1. The third kappa shape index (κ3) is 2.07. The molecule has 0 saturated heterocycles. The average Bonchev–Trinajstić information content (AvgIpc) is 2.78. The highest BCUT2D eigenvalue weighted by Gasteiger charge is 2.20. The lowest BCUT2D eigenvalue weighted by atomic mass is 10.2. The van der Waals surface area contributed by atoms with Crippen LogP contribution in [0.25, 0.3) is 0 Å². The van der Waals surface area contributed by atoms with E-state index in [9.17, 15) is 4.79 Å². The van der Waals surface area contributed by atoms with Crippen LogP contribution in [0.4, 0.5) is 11.4 Å². The van der Waals surface area contributed by atoms with Crippen LogP contribution in [0.3, 0.4) is 0 Å². The van der Waals surface area contributed by atoms with Crippen molar-refractivity contribution in [2.75, 3.05) is 17.2 Å². The Kier molecular flexibility index (Phi) is 3.32. The number of aromatic nitrogens is 2. The van der Waals surface area contributed by atoms with Gasteiger partial charge in [-0.3, -0.25) is 9.48 Å². The Balaban J connectivity index is 2.39. The van der Waals surface area contributed by atoms with E-state index in [1.54, 1.807) is 35.0 Å². The van der Waals surface area contributed by atoms with Crippen LogP contribution in [-0.2, 0) is 7.05 Å². The van der Waals surface area contributed by atoms with E-state index in [-0.39, 0.29) is 5.91 Å². The van der Waals surface area contributed by atoms with Crippen molar-refractivity contribution in [2.24, 2.45) is 7.05 Å². The zero-order valence-electron chi connectivity index (χ0n) is 10.5. The summed E-state index contributed by atoms with van der Waals surface area (Å²) in [4.78, 5) is 14.1. The van der Waals surface area contributed by atoms with Crippen LogP contribution >= 0.6 is 0 Å². The number of nitrogens with two attached hydrogens (primary N) is 1. The number of benzene rings is 1. The first-order chi connectivity index (χ1) is 8.65. The molecule has 5 nitrogen and oxygen atoms in total. The zero-order valence-corrected chi connectivity index (χ0v) is 10.5. The van der Waals surface area contributed by atoms with Gasteiger partial charge in [-0.2, -0.15) is 5.10 Å². The van der Waals surface area contributed by atoms with Crippen molar-refractivity contribution in [3.8, 4) is 0 Å². The largest absolute Gasteiger partial charge is 0.397 e. The molecule has 2 N–H and O–H groups in total. The summed E-state index contributed by atoms with van der Waals surface area (Å²) in [5.74, 6) is -0.101. The van der Waals surface area contributed by atoms with E-state index in [2.05, 4.69) is 5.10 Å². The summed E-state index contributed by atoms with van der Waals surface area (Å²) < 4.78 is 1.56. The molecule has 2 rings (SSSR count). The van der Waals surface area contributed by atoms with Crippen molar-refractivity contribution < 1.29 is 4.79 Å². The molecule has 5 heteroatoms.